The minimum absolute atomic E-state index is 0.0240. The number of carbonyl (C=O) groups is 2. The van der Waals surface area contributed by atoms with Crippen molar-refractivity contribution >= 4 is 11.9 Å². The summed E-state index contributed by atoms with van der Waals surface area (Å²) < 4.78 is 4.86. The SMILES string of the molecule is CCOC(=O)CC1(C(=O)O)CCCCCC1. The molecule has 92 valence electrons. The maximum atomic E-state index is 11.4. The second-order valence-electron chi connectivity index (χ2n) is 4.48. The van der Waals surface area contributed by atoms with Crippen molar-refractivity contribution in [1.82, 2.24) is 0 Å². The molecule has 0 heterocycles. The van der Waals surface area contributed by atoms with Gasteiger partial charge in [-0.25, -0.2) is 0 Å². The van der Waals surface area contributed by atoms with Gasteiger partial charge in [-0.3, -0.25) is 9.59 Å². The van der Waals surface area contributed by atoms with E-state index in [9.17, 15) is 14.7 Å². The van der Waals surface area contributed by atoms with Crippen LogP contribution in [0.5, 0.6) is 0 Å². The van der Waals surface area contributed by atoms with Crippen LogP contribution < -0.4 is 0 Å². The molecule has 1 fully saturated rings. The normalized spacial score (nSPS) is 19.8. The van der Waals surface area contributed by atoms with Crippen LogP contribution in [-0.2, 0) is 14.3 Å². The molecule has 16 heavy (non-hydrogen) atoms. The van der Waals surface area contributed by atoms with Crippen molar-refractivity contribution in [2.45, 2.75) is 51.9 Å². The summed E-state index contributed by atoms with van der Waals surface area (Å²) in [4.78, 5) is 22.8. The first-order valence-electron chi connectivity index (χ1n) is 6.00. The van der Waals surface area contributed by atoms with Gasteiger partial charge in [-0.15, -0.1) is 0 Å². The van der Waals surface area contributed by atoms with Gasteiger partial charge in [0.1, 0.15) is 0 Å². The van der Waals surface area contributed by atoms with E-state index in [1.807, 2.05) is 0 Å². The first kappa shape index (κ1) is 13.0. The van der Waals surface area contributed by atoms with Gasteiger partial charge in [0.25, 0.3) is 0 Å². The molecular formula is C12H20O4. The van der Waals surface area contributed by atoms with Crippen molar-refractivity contribution in [2.24, 2.45) is 5.41 Å². The van der Waals surface area contributed by atoms with Gasteiger partial charge < -0.3 is 9.84 Å². The number of esters is 1. The molecule has 4 heteroatoms. The molecule has 1 saturated carbocycles. The largest absolute Gasteiger partial charge is 0.481 e. The maximum absolute atomic E-state index is 11.4. The molecule has 0 aromatic heterocycles. The molecule has 0 radical (unpaired) electrons. The number of aliphatic carboxylic acids is 1. The molecule has 1 N–H and O–H groups in total. The monoisotopic (exact) mass is 228 g/mol. The Bertz CT molecular complexity index is 252. The maximum Gasteiger partial charge on any atom is 0.310 e. The van der Waals surface area contributed by atoms with Crippen molar-refractivity contribution in [1.29, 1.82) is 0 Å². The van der Waals surface area contributed by atoms with Gasteiger partial charge in [0.2, 0.25) is 0 Å². The van der Waals surface area contributed by atoms with Crippen LogP contribution in [0.15, 0.2) is 0 Å². The highest BCUT2D eigenvalue weighted by Crippen LogP contribution is 2.38. The highest BCUT2D eigenvalue weighted by atomic mass is 16.5. The van der Waals surface area contributed by atoms with Gasteiger partial charge in [-0.2, -0.15) is 0 Å². The zero-order chi connectivity index (χ0) is 12.0. The van der Waals surface area contributed by atoms with Gasteiger partial charge in [0.15, 0.2) is 0 Å². The van der Waals surface area contributed by atoms with Crippen molar-refractivity contribution < 1.29 is 19.4 Å². The Balaban J connectivity index is 2.70. The molecule has 4 nitrogen and oxygen atoms in total. The smallest absolute Gasteiger partial charge is 0.310 e. The Morgan fingerprint density at radius 2 is 1.75 bits per heavy atom. The summed E-state index contributed by atoms with van der Waals surface area (Å²) in [6, 6.07) is 0. The first-order valence-corrected chi connectivity index (χ1v) is 6.00. The van der Waals surface area contributed by atoms with Crippen LogP contribution in [-0.4, -0.2) is 23.7 Å². The van der Waals surface area contributed by atoms with Crippen LogP contribution in [0.1, 0.15) is 51.9 Å². The second-order valence-corrected chi connectivity index (χ2v) is 4.48. The number of rotatable bonds is 4. The van der Waals surface area contributed by atoms with Gasteiger partial charge in [-0.05, 0) is 19.8 Å². The molecule has 0 aliphatic heterocycles. The molecular weight excluding hydrogens is 208 g/mol. The number of carboxylic acid groups (broad SMARTS) is 1. The molecule has 0 atom stereocenters. The van der Waals surface area contributed by atoms with Crippen LogP contribution in [0.2, 0.25) is 0 Å². The van der Waals surface area contributed by atoms with E-state index < -0.39 is 11.4 Å². The zero-order valence-corrected chi connectivity index (χ0v) is 9.83. The summed E-state index contributed by atoms with van der Waals surface area (Å²) in [7, 11) is 0. The fraction of sp³-hybridized carbons (Fsp3) is 0.833. The van der Waals surface area contributed by atoms with Crippen LogP contribution in [0.4, 0.5) is 0 Å². The molecule has 0 amide bonds. The molecule has 1 rings (SSSR count). The summed E-state index contributed by atoms with van der Waals surface area (Å²) >= 11 is 0. The van der Waals surface area contributed by atoms with Crippen LogP contribution >= 0.6 is 0 Å². The Morgan fingerprint density at radius 3 is 2.19 bits per heavy atom. The lowest BCUT2D eigenvalue weighted by atomic mass is 9.77. The Kier molecular flexibility index (Phi) is 4.77. The van der Waals surface area contributed by atoms with Gasteiger partial charge in [0, 0.05) is 0 Å². The molecule has 0 unspecified atom stereocenters. The van der Waals surface area contributed by atoms with Gasteiger partial charge in [-0.1, -0.05) is 25.7 Å². The molecule has 0 spiro atoms. The average Bonchev–Trinajstić information content (AvgIpc) is 2.44. The summed E-state index contributed by atoms with van der Waals surface area (Å²) in [5, 5.41) is 9.32. The lowest BCUT2D eigenvalue weighted by molar-refractivity contribution is -0.159. The first-order chi connectivity index (χ1) is 7.60. The zero-order valence-electron chi connectivity index (χ0n) is 9.83. The van der Waals surface area contributed by atoms with Gasteiger partial charge >= 0.3 is 11.9 Å². The van der Waals surface area contributed by atoms with Crippen molar-refractivity contribution in [3.63, 3.8) is 0 Å². The molecule has 1 aliphatic carbocycles. The molecule has 0 aromatic rings. The van der Waals surface area contributed by atoms with Crippen molar-refractivity contribution in [2.75, 3.05) is 6.61 Å². The van der Waals surface area contributed by atoms with E-state index in [-0.39, 0.29) is 12.4 Å². The minimum Gasteiger partial charge on any atom is -0.481 e. The van der Waals surface area contributed by atoms with Crippen molar-refractivity contribution in [3.05, 3.63) is 0 Å². The highest BCUT2D eigenvalue weighted by Gasteiger charge is 2.40. The van der Waals surface area contributed by atoms with E-state index in [4.69, 9.17) is 4.74 Å². The molecule has 1 aliphatic rings. The Morgan fingerprint density at radius 1 is 1.19 bits per heavy atom. The molecule has 0 aromatic carbocycles. The standard InChI is InChI=1S/C12H20O4/c1-2-16-10(13)9-12(11(14)15)7-5-3-4-6-8-12/h2-9H2,1H3,(H,14,15). The van der Waals surface area contributed by atoms with Crippen molar-refractivity contribution in [3.8, 4) is 0 Å². The van der Waals surface area contributed by atoms with Gasteiger partial charge in [0.05, 0.1) is 18.4 Å². The number of carboxylic acids is 1. The second kappa shape index (κ2) is 5.87. The summed E-state index contributed by atoms with van der Waals surface area (Å²) in [5.74, 6) is -1.23. The van der Waals surface area contributed by atoms with E-state index in [0.29, 0.717) is 19.4 Å². The predicted octanol–water partition coefficient (Wildman–Crippen LogP) is 2.36. The van der Waals surface area contributed by atoms with E-state index in [0.717, 1.165) is 25.7 Å². The van der Waals surface area contributed by atoms with Crippen LogP contribution in [0.3, 0.4) is 0 Å². The van der Waals surface area contributed by atoms with E-state index >= 15 is 0 Å². The lowest BCUT2D eigenvalue weighted by Crippen LogP contribution is -2.33. The topological polar surface area (TPSA) is 63.6 Å². The summed E-state index contributed by atoms with van der Waals surface area (Å²) in [6.45, 7) is 2.05. The lowest BCUT2D eigenvalue weighted by Gasteiger charge is -2.26. The van der Waals surface area contributed by atoms with E-state index in [2.05, 4.69) is 0 Å². The molecule has 0 saturated heterocycles. The summed E-state index contributed by atoms with van der Waals surface area (Å²) in [5.41, 5.74) is -0.872. The number of hydrogen-bond acceptors (Lipinski definition) is 3. The third-order valence-electron chi connectivity index (χ3n) is 3.30. The average molecular weight is 228 g/mol. The van der Waals surface area contributed by atoms with E-state index in [1.54, 1.807) is 6.92 Å². The predicted molar refractivity (Wildman–Crippen MR) is 59.0 cm³/mol. The minimum atomic E-state index is -0.872. The fourth-order valence-corrected chi connectivity index (χ4v) is 2.36. The highest BCUT2D eigenvalue weighted by molar-refractivity contribution is 5.82. The Labute approximate surface area is 96.0 Å². The molecule has 0 bridgehead atoms. The number of ether oxygens (including phenoxy) is 1. The third-order valence-corrected chi connectivity index (χ3v) is 3.30. The Hall–Kier alpha value is -1.06. The number of hydrogen-bond donors (Lipinski definition) is 1. The van der Waals surface area contributed by atoms with Crippen LogP contribution in [0.25, 0.3) is 0 Å². The number of carbonyl (C=O) groups excluding carboxylic acids is 1. The van der Waals surface area contributed by atoms with Crippen LogP contribution in [0, 0.1) is 5.41 Å². The van der Waals surface area contributed by atoms with E-state index in [1.165, 1.54) is 0 Å². The fourth-order valence-electron chi connectivity index (χ4n) is 2.36. The third kappa shape index (κ3) is 3.22. The summed E-state index contributed by atoms with van der Waals surface area (Å²) in [6.07, 6.45) is 5.14. The quantitative estimate of drug-likeness (QED) is 0.592.